The van der Waals surface area contributed by atoms with Crippen molar-refractivity contribution in [2.45, 2.75) is 6.92 Å². The van der Waals surface area contributed by atoms with Crippen LogP contribution < -0.4 is 0 Å². The second-order valence-electron chi connectivity index (χ2n) is 6.34. The fourth-order valence-electron chi connectivity index (χ4n) is 3.79. The van der Waals surface area contributed by atoms with Gasteiger partial charge in [0, 0.05) is 0 Å². The maximum atomic E-state index is 4.09. The molecule has 0 unspecified atom stereocenters. The summed E-state index contributed by atoms with van der Waals surface area (Å²) in [6.07, 6.45) is 3.91. The lowest BCUT2D eigenvalue weighted by molar-refractivity contribution is 1.48. The summed E-state index contributed by atoms with van der Waals surface area (Å²) in [6.45, 7) is 10.3. The first-order valence-corrected chi connectivity index (χ1v) is 8.54. The van der Waals surface area contributed by atoms with Gasteiger partial charge in [-0.2, -0.15) is 0 Å². The van der Waals surface area contributed by atoms with Crippen LogP contribution in [-0.2, 0) is 0 Å². The molecule has 0 radical (unpaired) electrons. The third kappa shape index (κ3) is 2.38. The summed E-state index contributed by atoms with van der Waals surface area (Å²) in [7, 11) is 0. The van der Waals surface area contributed by atoms with Crippen LogP contribution in [0.4, 0.5) is 0 Å². The Morgan fingerprint density at radius 2 is 1.32 bits per heavy atom. The van der Waals surface area contributed by atoms with E-state index in [9.17, 15) is 0 Å². The fraction of sp³-hybridized carbons (Fsp3) is 0.0400. The molecule has 4 aromatic carbocycles. The lowest BCUT2D eigenvalue weighted by Crippen LogP contribution is -1.95. The van der Waals surface area contributed by atoms with Crippen LogP contribution >= 0.6 is 0 Å². The number of aryl methyl sites for hydroxylation is 1. The van der Waals surface area contributed by atoms with Crippen molar-refractivity contribution >= 4 is 33.7 Å². The molecule has 120 valence electrons. The third-order valence-corrected chi connectivity index (χ3v) is 5.01. The zero-order chi connectivity index (χ0) is 17.4. The molecule has 0 spiro atoms. The van der Waals surface area contributed by atoms with Gasteiger partial charge in [0.1, 0.15) is 0 Å². The normalized spacial score (nSPS) is 10.9. The van der Waals surface area contributed by atoms with Gasteiger partial charge in [-0.05, 0) is 62.4 Å². The van der Waals surface area contributed by atoms with Gasteiger partial charge in [-0.25, -0.2) is 0 Å². The van der Waals surface area contributed by atoms with Crippen LogP contribution in [0.2, 0.25) is 0 Å². The van der Waals surface area contributed by atoms with E-state index in [1.165, 1.54) is 38.2 Å². The van der Waals surface area contributed by atoms with Crippen molar-refractivity contribution in [3.05, 3.63) is 96.6 Å². The van der Waals surface area contributed by atoms with Crippen LogP contribution in [-0.4, -0.2) is 0 Å². The third-order valence-electron chi connectivity index (χ3n) is 5.01. The number of fused-ring (bicyclic) bond motifs is 2. The zero-order valence-electron chi connectivity index (χ0n) is 14.4. The Kier molecular flexibility index (Phi) is 3.74. The Labute approximate surface area is 148 Å². The molecular formula is C25H20. The van der Waals surface area contributed by atoms with E-state index in [-0.39, 0.29) is 0 Å². The summed E-state index contributed by atoms with van der Waals surface area (Å²) in [6, 6.07) is 23.7. The van der Waals surface area contributed by atoms with Crippen LogP contribution in [0, 0.1) is 6.92 Å². The summed E-state index contributed by atoms with van der Waals surface area (Å²) < 4.78 is 0. The van der Waals surface area contributed by atoms with Crippen molar-refractivity contribution in [3.8, 4) is 11.1 Å². The second kappa shape index (κ2) is 6.07. The number of hydrogen-bond acceptors (Lipinski definition) is 0. The molecule has 0 nitrogen and oxygen atoms in total. The van der Waals surface area contributed by atoms with Crippen molar-refractivity contribution in [2.24, 2.45) is 0 Å². The first-order chi connectivity index (χ1) is 12.2. The van der Waals surface area contributed by atoms with Crippen LogP contribution in [0.15, 0.2) is 79.9 Å². The summed E-state index contributed by atoms with van der Waals surface area (Å²) in [4.78, 5) is 0. The molecule has 4 rings (SSSR count). The highest BCUT2D eigenvalue weighted by molar-refractivity contribution is 6.06. The van der Waals surface area contributed by atoms with Crippen LogP contribution in [0.5, 0.6) is 0 Å². The maximum absolute atomic E-state index is 4.09. The van der Waals surface area contributed by atoms with Gasteiger partial charge in [0.15, 0.2) is 0 Å². The van der Waals surface area contributed by atoms with Crippen molar-refractivity contribution in [2.75, 3.05) is 0 Å². The first kappa shape index (κ1) is 15.4. The molecule has 0 saturated carbocycles. The van der Waals surface area contributed by atoms with E-state index in [4.69, 9.17) is 0 Å². The van der Waals surface area contributed by atoms with Crippen molar-refractivity contribution in [1.29, 1.82) is 0 Å². The minimum absolute atomic E-state index is 1.15. The van der Waals surface area contributed by atoms with E-state index in [0.29, 0.717) is 0 Å². The predicted molar refractivity (Wildman–Crippen MR) is 112 cm³/mol. The van der Waals surface area contributed by atoms with E-state index in [1.807, 2.05) is 12.2 Å². The lowest BCUT2D eigenvalue weighted by atomic mass is 9.86. The Morgan fingerprint density at radius 3 is 2.04 bits per heavy atom. The molecule has 0 fully saturated rings. The average molecular weight is 320 g/mol. The molecule has 0 aliphatic carbocycles. The zero-order valence-corrected chi connectivity index (χ0v) is 14.4. The Balaban J connectivity index is 2.16. The summed E-state index contributed by atoms with van der Waals surface area (Å²) in [5.74, 6) is 0. The first-order valence-electron chi connectivity index (χ1n) is 8.54. The van der Waals surface area contributed by atoms with Gasteiger partial charge in [-0.3, -0.25) is 0 Å². The van der Waals surface area contributed by atoms with Crippen LogP contribution in [0.3, 0.4) is 0 Å². The molecule has 0 amide bonds. The molecule has 4 aromatic rings. The summed E-state index contributed by atoms with van der Waals surface area (Å²) >= 11 is 0. The van der Waals surface area contributed by atoms with Crippen LogP contribution in [0.25, 0.3) is 44.8 Å². The molecular weight excluding hydrogens is 300 g/mol. The predicted octanol–water partition coefficient (Wildman–Crippen LogP) is 7.25. The van der Waals surface area contributed by atoms with Gasteiger partial charge in [0.2, 0.25) is 0 Å². The minimum atomic E-state index is 1.15. The van der Waals surface area contributed by atoms with E-state index in [1.54, 1.807) is 0 Å². The highest BCUT2D eigenvalue weighted by atomic mass is 14.2. The number of hydrogen-bond donors (Lipinski definition) is 0. The Bertz CT molecular complexity index is 1130. The van der Waals surface area contributed by atoms with E-state index in [2.05, 4.69) is 86.8 Å². The van der Waals surface area contributed by atoms with Crippen LogP contribution in [0.1, 0.15) is 16.7 Å². The molecule has 0 heterocycles. The monoisotopic (exact) mass is 320 g/mol. The average Bonchev–Trinajstić information content (AvgIpc) is 2.67. The second-order valence-corrected chi connectivity index (χ2v) is 6.34. The van der Waals surface area contributed by atoms with E-state index in [0.717, 1.165) is 11.1 Å². The summed E-state index contributed by atoms with van der Waals surface area (Å²) in [5, 5.41) is 5.04. The number of rotatable bonds is 3. The molecule has 25 heavy (non-hydrogen) atoms. The molecule has 0 aliphatic heterocycles. The highest BCUT2D eigenvalue weighted by Crippen LogP contribution is 2.39. The molecule has 0 atom stereocenters. The standard InChI is InChI=1S/C25H20/c1-4-21-17(3)23-12-8-9-13-24(23)25(22(21)5-2)20-15-14-18-10-6-7-11-19(18)16-20/h4-16H,1-2H2,3H3. The van der Waals surface area contributed by atoms with E-state index >= 15 is 0 Å². The van der Waals surface area contributed by atoms with Gasteiger partial charge < -0.3 is 0 Å². The Hall–Kier alpha value is -3.12. The van der Waals surface area contributed by atoms with Crippen molar-refractivity contribution < 1.29 is 0 Å². The summed E-state index contributed by atoms with van der Waals surface area (Å²) in [5.41, 5.74) is 6.02. The van der Waals surface area contributed by atoms with Gasteiger partial charge in [0.05, 0.1) is 0 Å². The Morgan fingerprint density at radius 1 is 0.680 bits per heavy atom. The van der Waals surface area contributed by atoms with Crippen molar-refractivity contribution in [3.63, 3.8) is 0 Å². The topological polar surface area (TPSA) is 0 Å². The molecule has 0 heteroatoms. The number of benzene rings is 4. The SMILES string of the molecule is C=Cc1c(C=C)c(-c2ccc3ccccc3c2)c2ccccc2c1C. The quantitative estimate of drug-likeness (QED) is 0.373. The highest BCUT2D eigenvalue weighted by Gasteiger charge is 2.15. The van der Waals surface area contributed by atoms with Gasteiger partial charge in [0.25, 0.3) is 0 Å². The minimum Gasteiger partial charge on any atom is -0.0984 e. The van der Waals surface area contributed by atoms with Crippen molar-refractivity contribution in [1.82, 2.24) is 0 Å². The molecule has 0 aromatic heterocycles. The lowest BCUT2D eigenvalue weighted by Gasteiger charge is -2.18. The van der Waals surface area contributed by atoms with E-state index < -0.39 is 0 Å². The maximum Gasteiger partial charge on any atom is -0.00266 e. The van der Waals surface area contributed by atoms with Gasteiger partial charge in [-0.1, -0.05) is 86.0 Å². The molecule has 0 N–H and O–H groups in total. The van der Waals surface area contributed by atoms with Gasteiger partial charge in [-0.15, -0.1) is 0 Å². The smallest absolute Gasteiger partial charge is 0.00266 e. The molecule has 0 aliphatic rings. The molecule has 0 saturated heterocycles. The van der Waals surface area contributed by atoms with Gasteiger partial charge >= 0.3 is 0 Å². The fourth-order valence-corrected chi connectivity index (χ4v) is 3.79. The molecule has 0 bridgehead atoms. The largest absolute Gasteiger partial charge is 0.0984 e.